The number of nitrogens with zero attached hydrogens (tertiary/aromatic N) is 7. The summed E-state index contributed by atoms with van der Waals surface area (Å²) in [7, 11) is 0. The molecular formula is C21H24F2N8O. The zero-order valence-corrected chi connectivity index (χ0v) is 17.8. The Kier molecular flexibility index (Phi) is 4.92. The first-order valence-corrected chi connectivity index (χ1v) is 10.6. The molecule has 11 heteroatoms. The Bertz CT molecular complexity index is 1300. The number of aliphatic hydroxyl groups excluding tert-OH is 1. The molecular weight excluding hydrogens is 418 g/mol. The van der Waals surface area contributed by atoms with Crippen LogP contribution in [0.15, 0.2) is 24.5 Å². The highest BCUT2D eigenvalue weighted by molar-refractivity contribution is 5.92. The number of fused-ring (bicyclic) bond motifs is 3. The maximum atomic E-state index is 14.2. The van der Waals surface area contributed by atoms with Crippen molar-refractivity contribution in [1.29, 1.82) is 0 Å². The lowest BCUT2D eigenvalue weighted by Gasteiger charge is -2.32. The molecule has 1 aromatic carbocycles. The average Bonchev–Trinajstić information content (AvgIpc) is 3.43. The van der Waals surface area contributed by atoms with Crippen LogP contribution in [0.5, 0.6) is 0 Å². The molecule has 1 aliphatic rings. The monoisotopic (exact) mass is 442 g/mol. The first-order valence-electron chi connectivity index (χ1n) is 10.6. The second kappa shape index (κ2) is 7.66. The fourth-order valence-electron chi connectivity index (χ4n) is 4.20. The van der Waals surface area contributed by atoms with Crippen LogP contribution in [-0.4, -0.2) is 53.7 Å². The fraction of sp³-hybridized carbons (Fsp3) is 0.429. The summed E-state index contributed by atoms with van der Waals surface area (Å²) in [5.74, 6) is -0.928. The van der Waals surface area contributed by atoms with E-state index in [-0.39, 0.29) is 34.5 Å². The summed E-state index contributed by atoms with van der Waals surface area (Å²) in [4.78, 5) is 10.9. The van der Waals surface area contributed by atoms with Crippen LogP contribution >= 0.6 is 0 Å². The number of hydrogen-bond acceptors (Lipinski definition) is 7. The number of anilines is 2. The third kappa shape index (κ3) is 3.42. The molecule has 3 aromatic heterocycles. The standard InChI is InChI=1S/C21H24F2N8O/c1-11(12(2)32)30-10-15(8-25-30)29-5-3-4-13(9-29)19-27-20-16-6-14(22)7-17(23)18(16)26-21(24)31(20)28-19/h6-8,10-13,32H,3-5,9H2,1-2H3,(H2,24,26)/t11-,12+,13+/m0/s1. The molecule has 0 spiro atoms. The van der Waals surface area contributed by atoms with Crippen molar-refractivity contribution in [2.75, 3.05) is 23.7 Å². The Hall–Kier alpha value is -3.34. The minimum atomic E-state index is -0.786. The number of aromatic nitrogens is 6. The molecule has 1 saturated heterocycles. The molecule has 3 atom stereocenters. The van der Waals surface area contributed by atoms with Gasteiger partial charge in [0.05, 0.1) is 29.4 Å². The Morgan fingerprint density at radius 3 is 2.81 bits per heavy atom. The quantitative estimate of drug-likeness (QED) is 0.500. The SMILES string of the molecule is C[C@@H](O)[C@H](C)n1cc(N2CCC[C@@H](c3nc4c5cc(F)cc(F)c5nc(N)n4n3)C2)cn1. The highest BCUT2D eigenvalue weighted by Gasteiger charge is 2.27. The predicted molar refractivity (Wildman–Crippen MR) is 115 cm³/mol. The number of rotatable bonds is 4. The molecule has 0 unspecified atom stereocenters. The first kappa shape index (κ1) is 20.6. The second-order valence-corrected chi connectivity index (χ2v) is 8.40. The zero-order chi connectivity index (χ0) is 22.6. The third-order valence-corrected chi connectivity index (χ3v) is 6.19. The lowest BCUT2D eigenvalue weighted by molar-refractivity contribution is 0.132. The first-order chi connectivity index (χ1) is 15.3. The van der Waals surface area contributed by atoms with Gasteiger partial charge in [-0.25, -0.2) is 18.7 Å². The van der Waals surface area contributed by atoms with Gasteiger partial charge in [-0.05, 0) is 32.8 Å². The van der Waals surface area contributed by atoms with E-state index in [9.17, 15) is 13.9 Å². The molecule has 0 amide bonds. The van der Waals surface area contributed by atoms with Crippen molar-refractivity contribution >= 4 is 28.2 Å². The topological polar surface area (TPSA) is 110 Å². The van der Waals surface area contributed by atoms with Gasteiger partial charge in [0.15, 0.2) is 17.3 Å². The van der Waals surface area contributed by atoms with E-state index in [1.165, 1.54) is 10.6 Å². The molecule has 0 saturated carbocycles. The largest absolute Gasteiger partial charge is 0.391 e. The molecule has 4 aromatic rings. The van der Waals surface area contributed by atoms with Crippen molar-refractivity contribution in [1.82, 2.24) is 29.4 Å². The number of piperidine rings is 1. The Balaban J connectivity index is 1.48. The summed E-state index contributed by atoms with van der Waals surface area (Å²) >= 11 is 0. The highest BCUT2D eigenvalue weighted by Crippen LogP contribution is 2.31. The molecule has 0 bridgehead atoms. The van der Waals surface area contributed by atoms with Gasteiger partial charge in [0.1, 0.15) is 11.3 Å². The van der Waals surface area contributed by atoms with Crippen LogP contribution < -0.4 is 10.6 Å². The minimum absolute atomic E-state index is 0.00203. The molecule has 0 radical (unpaired) electrons. The van der Waals surface area contributed by atoms with E-state index in [1.54, 1.807) is 17.8 Å². The predicted octanol–water partition coefficient (Wildman–Crippen LogP) is 2.66. The van der Waals surface area contributed by atoms with Crippen molar-refractivity contribution < 1.29 is 13.9 Å². The Morgan fingerprint density at radius 2 is 2.03 bits per heavy atom. The fourth-order valence-corrected chi connectivity index (χ4v) is 4.20. The Morgan fingerprint density at radius 1 is 1.22 bits per heavy atom. The molecule has 5 rings (SSSR count). The van der Waals surface area contributed by atoms with Gasteiger partial charge in [0.25, 0.3) is 0 Å². The number of halogens is 2. The van der Waals surface area contributed by atoms with E-state index in [0.29, 0.717) is 12.4 Å². The summed E-state index contributed by atoms with van der Waals surface area (Å²) in [6.45, 7) is 5.18. The van der Waals surface area contributed by atoms with Gasteiger partial charge in [-0.3, -0.25) is 4.68 Å². The lowest BCUT2D eigenvalue weighted by atomic mass is 9.97. The van der Waals surface area contributed by atoms with Gasteiger partial charge in [-0.1, -0.05) is 0 Å². The average molecular weight is 442 g/mol. The van der Waals surface area contributed by atoms with Crippen LogP contribution in [0.3, 0.4) is 0 Å². The number of benzene rings is 1. The smallest absolute Gasteiger partial charge is 0.223 e. The van der Waals surface area contributed by atoms with Crippen LogP contribution in [0, 0.1) is 11.6 Å². The van der Waals surface area contributed by atoms with Crippen molar-refractivity contribution in [3.05, 3.63) is 42.0 Å². The van der Waals surface area contributed by atoms with Crippen molar-refractivity contribution in [2.45, 2.75) is 44.8 Å². The van der Waals surface area contributed by atoms with Crippen molar-refractivity contribution in [2.24, 2.45) is 0 Å². The number of nitrogens with two attached hydrogens (primary N) is 1. The maximum Gasteiger partial charge on any atom is 0.223 e. The van der Waals surface area contributed by atoms with E-state index in [4.69, 9.17) is 5.73 Å². The van der Waals surface area contributed by atoms with Crippen molar-refractivity contribution in [3.63, 3.8) is 0 Å². The minimum Gasteiger partial charge on any atom is -0.391 e. The van der Waals surface area contributed by atoms with Crippen LogP contribution in [0.4, 0.5) is 20.4 Å². The second-order valence-electron chi connectivity index (χ2n) is 8.40. The van der Waals surface area contributed by atoms with E-state index in [2.05, 4.69) is 25.1 Å². The van der Waals surface area contributed by atoms with Gasteiger partial charge in [0, 0.05) is 31.3 Å². The molecule has 4 heterocycles. The van der Waals surface area contributed by atoms with Gasteiger partial charge in [-0.2, -0.15) is 9.61 Å². The molecule has 168 valence electrons. The van der Waals surface area contributed by atoms with Crippen molar-refractivity contribution in [3.8, 4) is 0 Å². The molecule has 9 nitrogen and oxygen atoms in total. The summed E-state index contributed by atoms with van der Waals surface area (Å²) in [6, 6.07) is 1.85. The summed E-state index contributed by atoms with van der Waals surface area (Å²) in [5.41, 5.74) is 7.21. The molecule has 3 N–H and O–H groups in total. The van der Waals surface area contributed by atoms with E-state index in [0.717, 1.165) is 31.1 Å². The zero-order valence-electron chi connectivity index (χ0n) is 17.8. The van der Waals surface area contributed by atoms with Gasteiger partial charge < -0.3 is 15.7 Å². The van der Waals surface area contributed by atoms with Gasteiger partial charge in [-0.15, -0.1) is 5.10 Å². The van der Waals surface area contributed by atoms with Crippen LogP contribution in [-0.2, 0) is 0 Å². The van der Waals surface area contributed by atoms with Gasteiger partial charge >= 0.3 is 0 Å². The summed E-state index contributed by atoms with van der Waals surface area (Å²) in [5, 5.41) is 19.0. The highest BCUT2D eigenvalue weighted by atomic mass is 19.1. The van der Waals surface area contributed by atoms with Crippen LogP contribution in [0.25, 0.3) is 16.6 Å². The summed E-state index contributed by atoms with van der Waals surface area (Å²) < 4.78 is 31.2. The third-order valence-electron chi connectivity index (χ3n) is 6.19. The maximum absolute atomic E-state index is 14.2. The number of nitrogen functional groups attached to an aromatic ring is 1. The summed E-state index contributed by atoms with van der Waals surface area (Å²) in [6.07, 6.45) is 5.01. The Labute approximate surface area is 182 Å². The van der Waals surface area contributed by atoms with E-state index >= 15 is 0 Å². The van der Waals surface area contributed by atoms with E-state index < -0.39 is 17.7 Å². The number of hydrogen-bond donors (Lipinski definition) is 2. The molecule has 0 aliphatic carbocycles. The molecule has 1 fully saturated rings. The normalized spacial score (nSPS) is 19.0. The van der Waals surface area contributed by atoms with Crippen LogP contribution in [0.2, 0.25) is 0 Å². The molecule has 1 aliphatic heterocycles. The van der Waals surface area contributed by atoms with Gasteiger partial charge in [0.2, 0.25) is 5.95 Å². The lowest BCUT2D eigenvalue weighted by Crippen LogP contribution is -2.34. The van der Waals surface area contributed by atoms with E-state index in [1.807, 2.05) is 13.1 Å². The number of aliphatic hydroxyl groups is 1. The molecule has 32 heavy (non-hydrogen) atoms. The van der Waals surface area contributed by atoms with Crippen LogP contribution in [0.1, 0.15) is 44.5 Å².